The number of fused-ring (bicyclic) bond motifs is 6. The van der Waals surface area contributed by atoms with E-state index in [0.717, 1.165) is 88.3 Å². The molecule has 56 heavy (non-hydrogen) atoms. The van der Waals surface area contributed by atoms with Crippen LogP contribution in [0, 0.1) is 0 Å². The topological polar surface area (TPSA) is 104 Å². The fourth-order valence-corrected chi connectivity index (χ4v) is 7.52. The second-order valence-corrected chi connectivity index (χ2v) is 13.5. The van der Waals surface area contributed by atoms with E-state index in [0.29, 0.717) is 23.4 Å². The summed E-state index contributed by atoms with van der Waals surface area (Å²) in [6.07, 6.45) is 6.99. The molecule has 8 heteroatoms. The number of benzene rings is 6. The maximum absolute atomic E-state index is 6.68. The summed E-state index contributed by atoms with van der Waals surface area (Å²) in [5, 5.41) is 4.15. The third-order valence-electron chi connectivity index (χ3n) is 10.2. The van der Waals surface area contributed by atoms with Gasteiger partial charge in [-0.2, -0.15) is 0 Å². The van der Waals surface area contributed by atoms with Crippen molar-refractivity contribution in [1.82, 2.24) is 29.9 Å². The molecule has 262 valence electrons. The Balaban J connectivity index is 1.04. The van der Waals surface area contributed by atoms with E-state index in [1.165, 1.54) is 0 Å². The van der Waals surface area contributed by atoms with Crippen molar-refractivity contribution in [1.29, 1.82) is 0 Å². The van der Waals surface area contributed by atoms with Gasteiger partial charge in [0.15, 0.2) is 23.1 Å². The molecule has 0 amide bonds. The fourth-order valence-electron chi connectivity index (χ4n) is 7.52. The van der Waals surface area contributed by atoms with Crippen LogP contribution >= 0.6 is 0 Å². The number of rotatable bonds is 6. The lowest BCUT2D eigenvalue weighted by atomic mass is 9.91. The molecule has 0 aliphatic carbocycles. The molecule has 0 saturated carbocycles. The highest BCUT2D eigenvalue weighted by molar-refractivity contribution is 6.21. The van der Waals surface area contributed by atoms with Crippen molar-refractivity contribution >= 4 is 43.8 Å². The van der Waals surface area contributed by atoms with Gasteiger partial charge in [0.25, 0.3) is 0 Å². The van der Waals surface area contributed by atoms with Gasteiger partial charge in [0, 0.05) is 58.0 Å². The minimum Gasteiger partial charge on any atom is -0.456 e. The van der Waals surface area contributed by atoms with Gasteiger partial charge in [0.1, 0.15) is 16.7 Å². The quantitative estimate of drug-likeness (QED) is 0.167. The first-order valence-electron chi connectivity index (χ1n) is 18.3. The van der Waals surface area contributed by atoms with Crippen molar-refractivity contribution < 1.29 is 8.83 Å². The molecule has 0 unspecified atom stereocenters. The summed E-state index contributed by atoms with van der Waals surface area (Å²) in [6, 6.07) is 49.1. The first kappa shape index (κ1) is 31.7. The van der Waals surface area contributed by atoms with Crippen LogP contribution in [0.1, 0.15) is 0 Å². The smallest absolute Gasteiger partial charge is 0.227 e. The number of aromatic nitrogens is 6. The molecule has 0 N–H and O–H groups in total. The maximum Gasteiger partial charge on any atom is 0.227 e. The van der Waals surface area contributed by atoms with E-state index in [1.54, 1.807) is 24.8 Å². The Hall–Kier alpha value is -7.84. The standard InChI is InChI=1S/C48H28N6O2/c1-2-10-31(11-3-1)48-51-43-42-38-16-6-7-17-40(38)55-41(42)26-39(44(43)56-48)37-23-22-34(35-14-4-5-15-36(35)37)29-18-20-30(21-19-29)45-52-46(32-12-8-24-49-27-32)54-47(53-45)33-13-9-25-50-28-33/h1-28H. The van der Waals surface area contributed by atoms with Crippen LogP contribution < -0.4 is 0 Å². The second-order valence-electron chi connectivity index (χ2n) is 13.5. The number of pyridine rings is 2. The van der Waals surface area contributed by atoms with Crippen molar-refractivity contribution in [2.45, 2.75) is 0 Å². The molecule has 0 bridgehead atoms. The molecule has 0 atom stereocenters. The maximum atomic E-state index is 6.68. The predicted molar refractivity (Wildman–Crippen MR) is 220 cm³/mol. The normalized spacial score (nSPS) is 11.6. The molecule has 5 heterocycles. The van der Waals surface area contributed by atoms with E-state index in [1.807, 2.05) is 72.8 Å². The van der Waals surface area contributed by atoms with E-state index in [-0.39, 0.29) is 0 Å². The lowest BCUT2D eigenvalue weighted by molar-refractivity contribution is 0.620. The summed E-state index contributed by atoms with van der Waals surface area (Å²) in [6.45, 7) is 0. The third kappa shape index (κ3) is 5.31. The van der Waals surface area contributed by atoms with Gasteiger partial charge in [-0.3, -0.25) is 9.97 Å². The average molecular weight is 721 g/mol. The van der Waals surface area contributed by atoms with Gasteiger partial charge in [-0.25, -0.2) is 19.9 Å². The summed E-state index contributed by atoms with van der Waals surface area (Å²) in [5.41, 5.74) is 10.6. The molecule has 0 fully saturated rings. The largest absolute Gasteiger partial charge is 0.456 e. The van der Waals surface area contributed by atoms with Gasteiger partial charge < -0.3 is 8.83 Å². The van der Waals surface area contributed by atoms with Crippen LogP contribution in [0.3, 0.4) is 0 Å². The molecule has 0 aliphatic rings. The van der Waals surface area contributed by atoms with Crippen molar-refractivity contribution in [2.75, 3.05) is 0 Å². The molecule has 11 aromatic rings. The molecule has 11 rings (SSSR count). The molecule has 0 radical (unpaired) electrons. The number of furan rings is 1. The van der Waals surface area contributed by atoms with Crippen LogP contribution in [-0.2, 0) is 0 Å². The third-order valence-corrected chi connectivity index (χ3v) is 10.2. The van der Waals surface area contributed by atoms with E-state index in [4.69, 9.17) is 28.8 Å². The Bertz CT molecular complexity index is 3180. The molecule has 0 spiro atoms. The molecule has 0 aliphatic heterocycles. The van der Waals surface area contributed by atoms with Gasteiger partial charge >= 0.3 is 0 Å². The molecule has 0 saturated heterocycles. The summed E-state index contributed by atoms with van der Waals surface area (Å²) in [7, 11) is 0. The summed E-state index contributed by atoms with van der Waals surface area (Å²) >= 11 is 0. The van der Waals surface area contributed by atoms with E-state index in [9.17, 15) is 0 Å². The fraction of sp³-hybridized carbons (Fsp3) is 0. The van der Waals surface area contributed by atoms with Crippen molar-refractivity contribution in [3.8, 4) is 67.9 Å². The van der Waals surface area contributed by atoms with Gasteiger partial charge in [0.2, 0.25) is 5.89 Å². The monoisotopic (exact) mass is 720 g/mol. The highest BCUT2D eigenvalue weighted by Gasteiger charge is 2.22. The first-order chi connectivity index (χ1) is 27.7. The van der Waals surface area contributed by atoms with Gasteiger partial charge in [0.05, 0.1) is 5.39 Å². The molecular weight excluding hydrogens is 693 g/mol. The van der Waals surface area contributed by atoms with Gasteiger partial charge in [-0.1, -0.05) is 97.1 Å². The number of oxazole rings is 1. The molecular formula is C48H28N6O2. The van der Waals surface area contributed by atoms with E-state index in [2.05, 4.69) is 82.8 Å². The number of hydrogen-bond donors (Lipinski definition) is 0. The lowest BCUT2D eigenvalue weighted by Gasteiger charge is -2.13. The Labute approximate surface area is 319 Å². The van der Waals surface area contributed by atoms with Gasteiger partial charge in [-0.05, 0) is 76.0 Å². The average Bonchev–Trinajstić information content (AvgIpc) is 3.89. The van der Waals surface area contributed by atoms with Crippen molar-refractivity contribution in [3.63, 3.8) is 0 Å². The Kier molecular flexibility index (Phi) is 7.31. The van der Waals surface area contributed by atoms with Crippen molar-refractivity contribution in [2.24, 2.45) is 0 Å². The van der Waals surface area contributed by atoms with E-state index < -0.39 is 0 Å². The zero-order chi connectivity index (χ0) is 37.0. The molecule has 8 nitrogen and oxygen atoms in total. The highest BCUT2D eigenvalue weighted by atomic mass is 16.4. The Morgan fingerprint density at radius 3 is 1.62 bits per heavy atom. The number of nitrogens with zero attached hydrogens (tertiary/aromatic N) is 6. The zero-order valence-corrected chi connectivity index (χ0v) is 29.7. The lowest BCUT2D eigenvalue weighted by Crippen LogP contribution is -2.00. The van der Waals surface area contributed by atoms with Crippen LogP contribution in [0.4, 0.5) is 0 Å². The minimum atomic E-state index is 0.546. The Morgan fingerprint density at radius 2 is 0.946 bits per heavy atom. The van der Waals surface area contributed by atoms with Gasteiger partial charge in [-0.15, -0.1) is 0 Å². The van der Waals surface area contributed by atoms with Crippen LogP contribution in [-0.4, -0.2) is 29.9 Å². The minimum absolute atomic E-state index is 0.546. The van der Waals surface area contributed by atoms with Crippen LogP contribution in [0.2, 0.25) is 0 Å². The molecule has 5 aromatic heterocycles. The highest BCUT2D eigenvalue weighted by Crippen LogP contribution is 2.44. The SMILES string of the molecule is c1ccc(-c2nc3c(o2)c(-c2ccc(-c4ccc(-c5nc(-c6cccnc6)nc(-c6cccnc6)n5)cc4)c4ccccc24)cc2oc4ccccc4c23)cc1. The van der Waals surface area contributed by atoms with E-state index >= 15 is 0 Å². The summed E-state index contributed by atoms with van der Waals surface area (Å²) in [4.78, 5) is 28.2. The van der Waals surface area contributed by atoms with Crippen molar-refractivity contribution in [3.05, 3.63) is 170 Å². The number of hydrogen-bond acceptors (Lipinski definition) is 8. The summed E-state index contributed by atoms with van der Waals surface area (Å²) in [5.74, 6) is 2.23. The number of para-hydroxylation sites is 1. The first-order valence-corrected chi connectivity index (χ1v) is 18.3. The van der Waals surface area contributed by atoms with Crippen LogP contribution in [0.25, 0.3) is 112 Å². The van der Waals surface area contributed by atoms with Crippen LogP contribution in [0.15, 0.2) is 179 Å². The zero-order valence-electron chi connectivity index (χ0n) is 29.7. The predicted octanol–water partition coefficient (Wildman–Crippen LogP) is 11.9. The second kappa shape index (κ2) is 12.9. The Morgan fingerprint density at radius 1 is 0.375 bits per heavy atom. The van der Waals surface area contributed by atoms with Crippen LogP contribution in [0.5, 0.6) is 0 Å². The molecule has 6 aromatic carbocycles. The summed E-state index contributed by atoms with van der Waals surface area (Å²) < 4.78 is 13.1.